The average Bonchev–Trinajstić information content (AvgIpc) is 3.55. The molecule has 154 valence electrons. The van der Waals surface area contributed by atoms with E-state index in [1.165, 1.54) is 37.1 Å². The predicted octanol–water partition coefficient (Wildman–Crippen LogP) is 3.53. The van der Waals surface area contributed by atoms with Crippen LogP contribution in [0.5, 0.6) is 0 Å². The van der Waals surface area contributed by atoms with Crippen molar-refractivity contribution < 1.29 is 27.3 Å². The van der Waals surface area contributed by atoms with E-state index in [4.69, 9.17) is 4.84 Å². The molecule has 2 aromatic rings. The van der Waals surface area contributed by atoms with Crippen LogP contribution >= 0.6 is 0 Å². The van der Waals surface area contributed by atoms with Crippen LogP contribution in [0.2, 0.25) is 0 Å². The number of oxime groups is 1. The summed E-state index contributed by atoms with van der Waals surface area (Å²) in [6, 6.07) is 5.94. The molecule has 7 nitrogen and oxygen atoms in total. The Balaban J connectivity index is 1.30. The highest BCUT2D eigenvalue weighted by Crippen LogP contribution is 2.35. The number of halogens is 3. The second-order valence-corrected chi connectivity index (χ2v) is 7.36. The molecule has 0 bridgehead atoms. The number of rotatable bonds is 7. The van der Waals surface area contributed by atoms with Crippen molar-refractivity contribution >= 4 is 11.6 Å². The van der Waals surface area contributed by atoms with Gasteiger partial charge in [0, 0.05) is 29.5 Å². The number of hydrogen-bond donors (Lipinski definition) is 1. The van der Waals surface area contributed by atoms with Crippen molar-refractivity contribution in [2.75, 3.05) is 13.2 Å². The number of aromatic nitrogens is 2. The molecule has 1 N–H and O–H groups in total. The average molecular weight is 408 g/mol. The van der Waals surface area contributed by atoms with E-state index in [2.05, 4.69) is 25.1 Å². The van der Waals surface area contributed by atoms with Gasteiger partial charge in [-0.3, -0.25) is 4.79 Å². The second kappa shape index (κ2) is 7.49. The van der Waals surface area contributed by atoms with Gasteiger partial charge in [0.1, 0.15) is 6.61 Å². The largest absolute Gasteiger partial charge is 0.471 e. The third-order valence-corrected chi connectivity index (χ3v) is 5.07. The second-order valence-electron chi connectivity index (χ2n) is 7.36. The first-order valence-corrected chi connectivity index (χ1v) is 9.32. The SMILES string of the molecule is CC1/C(=N\OCC2CC2)C1CNC(=O)c1ccc(-c2noc(C(F)(F)F)n2)cc1. The Morgan fingerprint density at radius 2 is 2.03 bits per heavy atom. The molecule has 2 unspecified atom stereocenters. The smallest absolute Gasteiger partial charge is 0.396 e. The maximum Gasteiger partial charge on any atom is 0.471 e. The van der Waals surface area contributed by atoms with E-state index >= 15 is 0 Å². The van der Waals surface area contributed by atoms with E-state index in [9.17, 15) is 18.0 Å². The number of carbonyl (C=O) groups is 1. The van der Waals surface area contributed by atoms with E-state index in [1.807, 2.05) is 6.92 Å². The number of alkyl halides is 3. The summed E-state index contributed by atoms with van der Waals surface area (Å²) in [5, 5.41) is 10.3. The molecular formula is C19H19F3N4O3. The Labute approximate surface area is 164 Å². The lowest BCUT2D eigenvalue weighted by atomic mass is 10.1. The van der Waals surface area contributed by atoms with Crippen LogP contribution in [0.25, 0.3) is 11.4 Å². The molecule has 0 spiro atoms. The molecule has 0 aliphatic heterocycles. The molecule has 0 saturated heterocycles. The van der Waals surface area contributed by atoms with Crippen molar-refractivity contribution in [1.82, 2.24) is 15.5 Å². The van der Waals surface area contributed by atoms with Crippen LogP contribution in [-0.4, -0.2) is 34.9 Å². The number of carbonyl (C=O) groups excluding carboxylic acids is 1. The lowest BCUT2D eigenvalue weighted by molar-refractivity contribution is -0.159. The minimum atomic E-state index is -4.70. The van der Waals surface area contributed by atoms with Crippen LogP contribution in [0.4, 0.5) is 13.2 Å². The van der Waals surface area contributed by atoms with E-state index in [0.29, 0.717) is 30.2 Å². The molecule has 1 aromatic heterocycles. The van der Waals surface area contributed by atoms with E-state index in [0.717, 1.165) is 5.71 Å². The number of amides is 1. The van der Waals surface area contributed by atoms with Gasteiger partial charge < -0.3 is 14.7 Å². The highest BCUT2D eigenvalue weighted by atomic mass is 19.4. The number of benzene rings is 1. The van der Waals surface area contributed by atoms with Gasteiger partial charge in [0.2, 0.25) is 5.82 Å². The van der Waals surface area contributed by atoms with Crippen molar-refractivity contribution in [3.63, 3.8) is 0 Å². The fraction of sp³-hybridized carbons (Fsp3) is 0.474. The fourth-order valence-electron chi connectivity index (χ4n) is 2.91. The van der Waals surface area contributed by atoms with Gasteiger partial charge in [0.15, 0.2) is 0 Å². The predicted molar refractivity (Wildman–Crippen MR) is 95.8 cm³/mol. The Morgan fingerprint density at radius 1 is 1.31 bits per heavy atom. The van der Waals surface area contributed by atoms with Crippen LogP contribution in [0.1, 0.15) is 36.0 Å². The Hall–Kier alpha value is -2.91. The van der Waals surface area contributed by atoms with Gasteiger partial charge in [-0.1, -0.05) is 29.4 Å². The lowest BCUT2D eigenvalue weighted by Crippen LogP contribution is -2.26. The van der Waals surface area contributed by atoms with Gasteiger partial charge in [0.25, 0.3) is 5.91 Å². The maximum absolute atomic E-state index is 12.5. The topological polar surface area (TPSA) is 89.6 Å². The quantitative estimate of drug-likeness (QED) is 0.708. The van der Waals surface area contributed by atoms with Crippen molar-refractivity contribution in [2.45, 2.75) is 25.9 Å². The van der Waals surface area contributed by atoms with Gasteiger partial charge in [-0.15, -0.1) is 0 Å². The van der Waals surface area contributed by atoms with Crippen LogP contribution in [0, 0.1) is 17.8 Å². The van der Waals surface area contributed by atoms with Gasteiger partial charge in [-0.2, -0.15) is 18.2 Å². The molecule has 2 saturated carbocycles. The van der Waals surface area contributed by atoms with Gasteiger partial charge in [0.05, 0.1) is 5.71 Å². The van der Waals surface area contributed by atoms with Crippen molar-refractivity contribution in [1.29, 1.82) is 0 Å². The molecule has 1 aromatic carbocycles. The van der Waals surface area contributed by atoms with E-state index in [-0.39, 0.29) is 23.6 Å². The molecule has 0 radical (unpaired) electrons. The normalized spacial score (nSPS) is 22.6. The summed E-state index contributed by atoms with van der Waals surface area (Å²) in [6.45, 7) is 3.14. The summed E-state index contributed by atoms with van der Waals surface area (Å²) in [7, 11) is 0. The molecule has 2 aliphatic rings. The van der Waals surface area contributed by atoms with Crippen molar-refractivity contribution in [3.8, 4) is 11.4 Å². The molecule has 2 atom stereocenters. The van der Waals surface area contributed by atoms with E-state index in [1.54, 1.807) is 0 Å². The number of hydrogen-bond acceptors (Lipinski definition) is 6. The molecule has 10 heteroatoms. The Bertz CT molecular complexity index is 920. The Morgan fingerprint density at radius 3 is 2.66 bits per heavy atom. The van der Waals surface area contributed by atoms with Crippen molar-refractivity contribution in [3.05, 3.63) is 35.7 Å². The molecule has 2 fully saturated rings. The number of nitrogens with one attached hydrogen (secondary N) is 1. The van der Waals surface area contributed by atoms with Crippen LogP contribution < -0.4 is 5.32 Å². The van der Waals surface area contributed by atoms with Crippen LogP contribution in [0.15, 0.2) is 33.9 Å². The minimum absolute atomic E-state index is 0.164. The minimum Gasteiger partial charge on any atom is -0.396 e. The first-order valence-electron chi connectivity index (χ1n) is 9.32. The van der Waals surface area contributed by atoms with Crippen LogP contribution in [-0.2, 0) is 11.0 Å². The monoisotopic (exact) mass is 408 g/mol. The lowest BCUT2D eigenvalue weighted by Gasteiger charge is -2.04. The first-order chi connectivity index (χ1) is 13.8. The number of nitrogens with zero attached hydrogens (tertiary/aromatic N) is 3. The Kier molecular flexibility index (Phi) is 5.01. The van der Waals surface area contributed by atoms with Gasteiger partial charge >= 0.3 is 12.1 Å². The zero-order valence-electron chi connectivity index (χ0n) is 15.6. The summed E-state index contributed by atoms with van der Waals surface area (Å²) in [4.78, 5) is 21.0. The van der Waals surface area contributed by atoms with Gasteiger partial charge in [-0.05, 0) is 30.9 Å². The fourth-order valence-corrected chi connectivity index (χ4v) is 2.91. The molecule has 1 heterocycles. The highest BCUT2D eigenvalue weighted by Gasteiger charge is 2.43. The summed E-state index contributed by atoms with van der Waals surface area (Å²) in [5.41, 5.74) is 1.66. The summed E-state index contributed by atoms with van der Waals surface area (Å²) >= 11 is 0. The van der Waals surface area contributed by atoms with Gasteiger partial charge in [-0.25, -0.2) is 0 Å². The molecule has 4 rings (SSSR count). The summed E-state index contributed by atoms with van der Waals surface area (Å²) in [6.07, 6.45) is -2.29. The van der Waals surface area contributed by atoms with Crippen molar-refractivity contribution in [2.24, 2.45) is 22.9 Å². The third-order valence-electron chi connectivity index (χ3n) is 5.07. The third kappa shape index (κ3) is 4.57. The summed E-state index contributed by atoms with van der Waals surface area (Å²) in [5.74, 6) is -0.801. The zero-order chi connectivity index (χ0) is 20.6. The standard InChI is InChI=1S/C19H19F3N4O3/c1-10-14(15(10)25-28-9-11-2-3-11)8-23-17(27)13-6-4-12(5-7-13)16-24-18(29-26-16)19(20,21)22/h4-7,10-11,14H,2-3,8-9H2,1H3,(H,23,27)/b25-15+. The first kappa shape index (κ1) is 19.4. The summed E-state index contributed by atoms with van der Waals surface area (Å²) < 4.78 is 41.8. The van der Waals surface area contributed by atoms with E-state index < -0.39 is 12.1 Å². The van der Waals surface area contributed by atoms with Crippen LogP contribution in [0.3, 0.4) is 0 Å². The zero-order valence-corrected chi connectivity index (χ0v) is 15.6. The molecule has 1 amide bonds. The molecule has 2 aliphatic carbocycles. The highest BCUT2D eigenvalue weighted by molar-refractivity contribution is 6.04. The molecular weight excluding hydrogens is 389 g/mol. The molecule has 29 heavy (non-hydrogen) atoms. The maximum atomic E-state index is 12.5.